The molecular weight excluding hydrogens is 362 g/mol. The third-order valence-electron chi connectivity index (χ3n) is 4.21. The molecule has 0 bridgehead atoms. The van der Waals surface area contributed by atoms with Crippen molar-refractivity contribution in [2.75, 3.05) is 5.32 Å². The summed E-state index contributed by atoms with van der Waals surface area (Å²) in [7, 11) is 0. The van der Waals surface area contributed by atoms with E-state index in [9.17, 15) is 14.9 Å². The Labute approximate surface area is 153 Å². The van der Waals surface area contributed by atoms with Gasteiger partial charge < -0.3 is 10.4 Å². The fourth-order valence-corrected chi connectivity index (χ4v) is 3.91. The molecule has 1 aliphatic rings. The van der Waals surface area contributed by atoms with Crippen molar-refractivity contribution in [1.82, 2.24) is 4.98 Å². The van der Waals surface area contributed by atoms with Crippen molar-refractivity contribution >= 4 is 39.9 Å². The van der Waals surface area contributed by atoms with E-state index >= 15 is 0 Å². The highest BCUT2D eigenvalue weighted by Crippen LogP contribution is 2.34. The lowest BCUT2D eigenvalue weighted by atomic mass is 10.0. The summed E-state index contributed by atoms with van der Waals surface area (Å²) in [5.41, 5.74) is 1.17. The molecular formula is C17H14ClN3O3S. The van der Waals surface area contributed by atoms with Crippen molar-refractivity contribution in [3.63, 3.8) is 0 Å². The molecule has 6 nitrogen and oxygen atoms in total. The van der Waals surface area contributed by atoms with E-state index in [-0.39, 0.29) is 11.8 Å². The van der Waals surface area contributed by atoms with E-state index in [1.54, 1.807) is 24.3 Å². The molecule has 2 N–H and O–H groups in total. The molecule has 1 amide bonds. The number of carboxylic acids is 1. The van der Waals surface area contributed by atoms with E-state index in [2.05, 4.69) is 16.4 Å². The topological polar surface area (TPSA) is 103 Å². The van der Waals surface area contributed by atoms with Crippen LogP contribution in [0.15, 0.2) is 24.3 Å². The van der Waals surface area contributed by atoms with Crippen molar-refractivity contribution in [2.45, 2.75) is 19.3 Å². The number of nitrogens with one attached hydrogen (secondary N) is 1. The molecule has 1 aromatic carbocycles. The predicted molar refractivity (Wildman–Crippen MR) is 94.4 cm³/mol. The van der Waals surface area contributed by atoms with Gasteiger partial charge in [0.05, 0.1) is 5.92 Å². The largest absolute Gasteiger partial charge is 0.481 e. The zero-order valence-corrected chi connectivity index (χ0v) is 14.6. The van der Waals surface area contributed by atoms with Gasteiger partial charge in [-0.15, -0.1) is 0 Å². The second kappa shape index (κ2) is 7.21. The molecule has 0 aliphatic heterocycles. The van der Waals surface area contributed by atoms with Gasteiger partial charge in [-0.1, -0.05) is 35.1 Å². The van der Waals surface area contributed by atoms with E-state index in [1.807, 2.05) is 0 Å². The maximum Gasteiger partial charge on any atom is 0.306 e. The van der Waals surface area contributed by atoms with Gasteiger partial charge in [-0.05, 0) is 31.4 Å². The number of nitriles is 1. The maximum atomic E-state index is 12.3. The van der Waals surface area contributed by atoms with Gasteiger partial charge in [0.2, 0.25) is 5.91 Å². The maximum absolute atomic E-state index is 12.3. The first-order valence-corrected chi connectivity index (χ1v) is 8.88. The number of anilines is 1. The quantitative estimate of drug-likeness (QED) is 0.846. The third kappa shape index (κ3) is 3.81. The van der Waals surface area contributed by atoms with Gasteiger partial charge in [-0.2, -0.15) is 5.26 Å². The number of carboxylic acid groups (broad SMARTS) is 1. The zero-order valence-electron chi connectivity index (χ0n) is 13.0. The molecule has 3 rings (SSSR count). The van der Waals surface area contributed by atoms with Crippen molar-refractivity contribution < 1.29 is 14.7 Å². The summed E-state index contributed by atoms with van der Waals surface area (Å²) < 4.78 is 0. The van der Waals surface area contributed by atoms with Gasteiger partial charge in [-0.25, -0.2) is 4.98 Å². The lowest BCUT2D eigenvalue weighted by Crippen LogP contribution is -2.21. The normalized spacial score (nSPS) is 19.4. The first kappa shape index (κ1) is 17.4. The Morgan fingerprint density at radius 1 is 1.36 bits per heavy atom. The third-order valence-corrected chi connectivity index (χ3v) is 5.32. The number of amides is 1. The predicted octanol–water partition coefficient (Wildman–Crippen LogP) is 3.77. The van der Waals surface area contributed by atoms with Crippen LogP contribution < -0.4 is 5.32 Å². The molecule has 1 aromatic heterocycles. The number of carbonyl (C=O) groups excluding carboxylic acids is 1. The molecule has 128 valence electrons. The van der Waals surface area contributed by atoms with Crippen LogP contribution in [0.3, 0.4) is 0 Å². The smallest absolute Gasteiger partial charge is 0.306 e. The number of rotatable bonds is 4. The van der Waals surface area contributed by atoms with E-state index in [1.165, 1.54) is 0 Å². The summed E-state index contributed by atoms with van der Waals surface area (Å²) in [6.45, 7) is 0. The van der Waals surface area contributed by atoms with Crippen LogP contribution in [-0.4, -0.2) is 22.0 Å². The van der Waals surface area contributed by atoms with Gasteiger partial charge in [0.25, 0.3) is 0 Å². The molecule has 1 heterocycles. The summed E-state index contributed by atoms with van der Waals surface area (Å²) in [6, 6.07) is 9.07. The lowest BCUT2D eigenvalue weighted by Gasteiger charge is -2.08. The lowest BCUT2D eigenvalue weighted by molar-refractivity contribution is -0.141. The van der Waals surface area contributed by atoms with Crippen LogP contribution in [0, 0.1) is 23.2 Å². The molecule has 2 aromatic rings. The molecule has 25 heavy (non-hydrogen) atoms. The SMILES string of the molecule is N#Cc1sc(NC(=O)C2CCC(C(=O)O)C2)nc1-c1cccc(Cl)c1. The first-order chi connectivity index (χ1) is 12.0. The Morgan fingerprint density at radius 2 is 2.12 bits per heavy atom. The average molecular weight is 376 g/mol. The van der Waals surface area contributed by atoms with Crippen molar-refractivity contribution in [3.05, 3.63) is 34.2 Å². The minimum atomic E-state index is -0.862. The van der Waals surface area contributed by atoms with Crippen LogP contribution in [-0.2, 0) is 9.59 Å². The van der Waals surface area contributed by atoms with Gasteiger partial charge in [-0.3, -0.25) is 9.59 Å². The zero-order chi connectivity index (χ0) is 18.0. The van der Waals surface area contributed by atoms with Crippen LogP contribution in [0.4, 0.5) is 5.13 Å². The summed E-state index contributed by atoms with van der Waals surface area (Å²) in [5, 5.41) is 21.9. The Morgan fingerprint density at radius 3 is 2.76 bits per heavy atom. The highest BCUT2D eigenvalue weighted by molar-refractivity contribution is 7.16. The number of hydrogen-bond acceptors (Lipinski definition) is 5. The number of thiazole rings is 1. The molecule has 0 radical (unpaired) electrons. The van der Waals surface area contributed by atoms with E-state index < -0.39 is 11.9 Å². The van der Waals surface area contributed by atoms with Crippen LogP contribution in [0.2, 0.25) is 5.02 Å². The molecule has 2 unspecified atom stereocenters. The molecule has 2 atom stereocenters. The number of carbonyl (C=O) groups is 2. The van der Waals surface area contributed by atoms with Crippen LogP contribution in [0.25, 0.3) is 11.3 Å². The summed E-state index contributed by atoms with van der Waals surface area (Å²) in [6.07, 6.45) is 1.38. The fourth-order valence-electron chi connectivity index (χ4n) is 2.93. The fraction of sp³-hybridized carbons (Fsp3) is 0.294. The minimum absolute atomic E-state index is 0.250. The van der Waals surface area contributed by atoms with Crippen molar-refractivity contribution in [3.8, 4) is 17.3 Å². The number of aliphatic carboxylic acids is 1. The van der Waals surface area contributed by atoms with Crippen molar-refractivity contribution in [1.29, 1.82) is 5.26 Å². The van der Waals surface area contributed by atoms with Gasteiger partial charge in [0, 0.05) is 16.5 Å². The highest BCUT2D eigenvalue weighted by Gasteiger charge is 2.34. The summed E-state index contributed by atoms with van der Waals surface area (Å²) in [5.74, 6) is -1.92. The van der Waals surface area contributed by atoms with E-state index in [0.717, 1.165) is 11.3 Å². The Balaban J connectivity index is 1.77. The Kier molecular flexibility index (Phi) is 5.02. The Bertz CT molecular complexity index is 874. The van der Waals surface area contributed by atoms with Gasteiger partial charge in [0.1, 0.15) is 16.6 Å². The molecule has 0 saturated heterocycles. The number of nitrogens with zero attached hydrogens (tertiary/aromatic N) is 2. The summed E-state index contributed by atoms with van der Waals surface area (Å²) in [4.78, 5) is 28.1. The van der Waals surface area contributed by atoms with Crippen molar-refractivity contribution in [2.24, 2.45) is 11.8 Å². The second-order valence-corrected chi connectivity index (χ2v) is 7.29. The minimum Gasteiger partial charge on any atom is -0.481 e. The van der Waals surface area contributed by atoms with E-state index in [4.69, 9.17) is 16.7 Å². The Hall–Kier alpha value is -2.43. The van der Waals surface area contributed by atoms with Gasteiger partial charge >= 0.3 is 5.97 Å². The molecule has 1 fully saturated rings. The number of benzene rings is 1. The highest BCUT2D eigenvalue weighted by atomic mass is 35.5. The number of halogens is 1. The van der Waals surface area contributed by atoms with Gasteiger partial charge in [0.15, 0.2) is 5.13 Å². The van der Waals surface area contributed by atoms with Crippen LogP contribution in [0.1, 0.15) is 24.1 Å². The van der Waals surface area contributed by atoms with E-state index in [0.29, 0.717) is 45.6 Å². The monoisotopic (exact) mass is 375 g/mol. The number of hydrogen-bond donors (Lipinski definition) is 2. The first-order valence-electron chi connectivity index (χ1n) is 7.68. The number of aromatic nitrogens is 1. The molecule has 1 saturated carbocycles. The standard InChI is InChI=1S/C17H14ClN3O3S/c18-12-3-1-2-9(7-12)14-13(8-19)25-17(20-14)21-15(22)10-4-5-11(6-10)16(23)24/h1-3,7,10-11H,4-6H2,(H,23,24)(H,20,21,22). The second-order valence-electron chi connectivity index (χ2n) is 5.85. The molecule has 1 aliphatic carbocycles. The molecule has 0 spiro atoms. The molecule has 8 heteroatoms. The summed E-state index contributed by atoms with van der Waals surface area (Å²) >= 11 is 7.07. The van der Waals surface area contributed by atoms with Crippen LogP contribution >= 0.6 is 22.9 Å². The average Bonchev–Trinajstić information content (AvgIpc) is 3.21. The van der Waals surface area contributed by atoms with Crippen LogP contribution in [0.5, 0.6) is 0 Å².